The van der Waals surface area contributed by atoms with Crippen LogP contribution in [0.4, 0.5) is 5.82 Å². The molecule has 1 unspecified atom stereocenters. The molecular weight excluding hydrogens is 540 g/mol. The van der Waals surface area contributed by atoms with E-state index in [1.807, 2.05) is 19.1 Å². The summed E-state index contributed by atoms with van der Waals surface area (Å²) in [7, 11) is 2.13. The summed E-state index contributed by atoms with van der Waals surface area (Å²) in [5, 5.41) is 23.5. The second-order valence-electron chi connectivity index (χ2n) is 11.1. The van der Waals surface area contributed by atoms with E-state index < -0.39 is 0 Å². The molecule has 210 valence electrons. The Morgan fingerprint density at radius 1 is 1.24 bits per heavy atom. The number of benzene rings is 2. The fourth-order valence-electron chi connectivity index (χ4n) is 6.29. The molecule has 41 heavy (non-hydrogen) atoms. The summed E-state index contributed by atoms with van der Waals surface area (Å²) in [6, 6.07) is 9.05. The maximum Gasteiger partial charge on any atom is 0.319 e. The third-order valence-corrected chi connectivity index (χ3v) is 8.95. The number of aromatic amines is 1. The summed E-state index contributed by atoms with van der Waals surface area (Å²) in [6.45, 7) is 5.72. The number of nitriles is 1. The van der Waals surface area contributed by atoms with Gasteiger partial charge in [0.05, 0.1) is 46.4 Å². The first kappa shape index (κ1) is 26.0. The quantitative estimate of drug-likeness (QED) is 0.289. The SMILES string of the molecule is Cc1cc2[nH]ncc2c(-c2cc3nc(OCC4CCCN4C)nc(N4CCN[C@@H](CC#N)C4)c3c3occc23)c1Cl. The number of ether oxygens (including phenoxy) is 1. The van der Waals surface area contributed by atoms with E-state index in [1.54, 1.807) is 12.5 Å². The van der Waals surface area contributed by atoms with Crippen LogP contribution in [0.2, 0.25) is 5.02 Å². The first-order chi connectivity index (χ1) is 20.0. The number of furan rings is 1. The monoisotopic (exact) mass is 570 g/mol. The van der Waals surface area contributed by atoms with Crippen LogP contribution in [0.25, 0.3) is 43.9 Å². The normalized spacial score (nSPS) is 19.9. The van der Waals surface area contributed by atoms with Gasteiger partial charge in [-0.1, -0.05) is 11.6 Å². The lowest BCUT2D eigenvalue weighted by Crippen LogP contribution is -2.51. The topological polar surface area (TPSA) is 119 Å². The van der Waals surface area contributed by atoms with Crippen LogP contribution in [-0.4, -0.2) is 77.0 Å². The predicted molar refractivity (Wildman–Crippen MR) is 160 cm³/mol. The summed E-state index contributed by atoms with van der Waals surface area (Å²) in [5.74, 6) is 0.754. The van der Waals surface area contributed by atoms with Gasteiger partial charge in [-0.05, 0) is 62.7 Å². The third-order valence-electron chi connectivity index (χ3n) is 8.46. The Morgan fingerprint density at radius 3 is 2.98 bits per heavy atom. The molecule has 10 nitrogen and oxygen atoms in total. The number of likely N-dealkylation sites (tertiary alicyclic amines) is 1. The average molecular weight is 571 g/mol. The van der Waals surface area contributed by atoms with Gasteiger partial charge in [-0.25, -0.2) is 0 Å². The van der Waals surface area contributed by atoms with Crippen molar-refractivity contribution in [1.82, 2.24) is 30.4 Å². The molecule has 0 spiro atoms. The van der Waals surface area contributed by atoms with Crippen molar-refractivity contribution in [2.75, 3.05) is 44.7 Å². The predicted octanol–water partition coefficient (Wildman–Crippen LogP) is 5.05. The van der Waals surface area contributed by atoms with Crippen molar-refractivity contribution in [3.8, 4) is 23.2 Å². The van der Waals surface area contributed by atoms with Gasteiger partial charge >= 0.3 is 6.01 Å². The van der Waals surface area contributed by atoms with Gasteiger partial charge in [-0.2, -0.15) is 20.3 Å². The van der Waals surface area contributed by atoms with Crippen LogP contribution in [0, 0.1) is 18.3 Å². The van der Waals surface area contributed by atoms with E-state index in [0.29, 0.717) is 47.7 Å². The first-order valence-electron chi connectivity index (χ1n) is 14.0. The zero-order valence-corrected chi connectivity index (χ0v) is 23.8. The van der Waals surface area contributed by atoms with Crippen LogP contribution in [0.5, 0.6) is 6.01 Å². The number of hydrogen-bond donors (Lipinski definition) is 2. The van der Waals surface area contributed by atoms with E-state index in [0.717, 1.165) is 76.7 Å². The molecule has 2 saturated heterocycles. The number of fused-ring (bicyclic) bond motifs is 4. The van der Waals surface area contributed by atoms with E-state index in [4.69, 9.17) is 30.7 Å². The Balaban J connectivity index is 1.43. The van der Waals surface area contributed by atoms with Crippen LogP contribution in [0.15, 0.2) is 35.1 Å². The molecule has 5 heterocycles. The number of nitrogens with zero attached hydrogens (tertiary/aromatic N) is 6. The third kappa shape index (κ3) is 4.54. The molecule has 2 aliphatic rings. The molecule has 0 amide bonds. The highest BCUT2D eigenvalue weighted by atomic mass is 35.5. The van der Waals surface area contributed by atoms with E-state index in [2.05, 4.69) is 44.5 Å². The summed E-state index contributed by atoms with van der Waals surface area (Å²) in [4.78, 5) is 14.4. The molecule has 2 atom stereocenters. The number of piperazine rings is 1. The minimum absolute atomic E-state index is 0.0436. The van der Waals surface area contributed by atoms with Gasteiger partial charge in [0.2, 0.25) is 0 Å². The molecule has 3 aromatic heterocycles. The molecule has 7 rings (SSSR count). The Bertz CT molecular complexity index is 1810. The Labute approximate surface area is 242 Å². The molecule has 5 aromatic rings. The molecule has 11 heteroatoms. The van der Waals surface area contributed by atoms with Crippen molar-refractivity contribution >= 4 is 50.2 Å². The molecular formula is C30H31ClN8O2. The highest BCUT2D eigenvalue weighted by Gasteiger charge is 2.28. The maximum atomic E-state index is 9.35. The van der Waals surface area contributed by atoms with Crippen LogP contribution in [0.3, 0.4) is 0 Å². The number of likely N-dealkylation sites (N-methyl/N-ethyl adjacent to an activating group) is 1. The number of anilines is 1. The molecule has 0 saturated carbocycles. The van der Waals surface area contributed by atoms with Crippen molar-refractivity contribution in [1.29, 1.82) is 5.26 Å². The van der Waals surface area contributed by atoms with Crippen LogP contribution in [-0.2, 0) is 0 Å². The van der Waals surface area contributed by atoms with E-state index in [9.17, 15) is 5.26 Å². The van der Waals surface area contributed by atoms with Crippen molar-refractivity contribution < 1.29 is 9.15 Å². The molecule has 2 aromatic carbocycles. The number of rotatable bonds is 6. The van der Waals surface area contributed by atoms with Gasteiger partial charge in [0, 0.05) is 48.1 Å². The molecule has 2 N–H and O–H groups in total. The second-order valence-corrected chi connectivity index (χ2v) is 11.5. The average Bonchev–Trinajstić information content (AvgIpc) is 3.73. The number of halogens is 1. The molecule has 0 bridgehead atoms. The standard InChI is InChI=1S/C30H31ClN8O2/c1-17-12-23-22(14-34-37-23)25(27(17)31)21-13-24-26(28-20(21)6-11-40-28)29(39-10-8-33-18(15-39)5-7-32)36-30(35-24)41-16-19-4-3-9-38(19)2/h6,11-14,18-19,33H,3-5,8-10,15-16H2,1-2H3,(H,34,37)/t18-,19?/m0/s1. The van der Waals surface area contributed by atoms with E-state index in [-0.39, 0.29) is 6.04 Å². The number of hydrogen-bond acceptors (Lipinski definition) is 9. The fourth-order valence-corrected chi connectivity index (χ4v) is 6.54. The Morgan fingerprint density at radius 2 is 2.15 bits per heavy atom. The van der Waals surface area contributed by atoms with Crippen molar-refractivity contribution in [2.24, 2.45) is 0 Å². The van der Waals surface area contributed by atoms with Crippen LogP contribution in [0.1, 0.15) is 24.8 Å². The zero-order chi connectivity index (χ0) is 28.1. The van der Waals surface area contributed by atoms with Gasteiger partial charge in [0.15, 0.2) is 0 Å². The molecule has 0 aliphatic carbocycles. The van der Waals surface area contributed by atoms with Crippen LogP contribution >= 0.6 is 11.6 Å². The molecule has 0 radical (unpaired) electrons. The van der Waals surface area contributed by atoms with E-state index in [1.165, 1.54) is 0 Å². The Hall–Kier alpha value is -3.91. The lowest BCUT2D eigenvalue weighted by molar-refractivity contribution is 0.188. The van der Waals surface area contributed by atoms with Crippen LogP contribution < -0.4 is 15.0 Å². The number of aromatic nitrogens is 4. The summed E-state index contributed by atoms with van der Waals surface area (Å²) < 4.78 is 12.5. The molecule has 2 aliphatic heterocycles. The summed E-state index contributed by atoms with van der Waals surface area (Å²) in [6.07, 6.45) is 6.18. The zero-order valence-electron chi connectivity index (χ0n) is 23.1. The minimum atomic E-state index is 0.0436. The summed E-state index contributed by atoms with van der Waals surface area (Å²) >= 11 is 6.97. The van der Waals surface area contributed by atoms with Crippen molar-refractivity contribution in [2.45, 2.75) is 38.3 Å². The Kier molecular flexibility index (Phi) is 6.66. The van der Waals surface area contributed by atoms with Gasteiger partial charge in [0.1, 0.15) is 18.0 Å². The van der Waals surface area contributed by atoms with E-state index >= 15 is 0 Å². The number of H-pyrrole nitrogens is 1. The minimum Gasteiger partial charge on any atom is -0.463 e. The maximum absolute atomic E-state index is 9.35. The van der Waals surface area contributed by atoms with Crippen molar-refractivity contribution in [3.63, 3.8) is 0 Å². The number of aryl methyl sites for hydroxylation is 1. The highest BCUT2D eigenvalue weighted by molar-refractivity contribution is 6.36. The lowest BCUT2D eigenvalue weighted by atomic mass is 9.95. The second kappa shape index (κ2) is 10.5. The molecule has 2 fully saturated rings. The van der Waals surface area contributed by atoms with Gasteiger partial charge < -0.3 is 24.3 Å². The highest BCUT2D eigenvalue weighted by Crippen LogP contribution is 2.44. The largest absolute Gasteiger partial charge is 0.463 e. The van der Waals surface area contributed by atoms with Crippen molar-refractivity contribution in [3.05, 3.63) is 41.2 Å². The number of nitrogens with one attached hydrogen (secondary N) is 2. The summed E-state index contributed by atoms with van der Waals surface area (Å²) in [5.41, 5.74) is 5.07. The van der Waals surface area contributed by atoms with Gasteiger partial charge in [-0.15, -0.1) is 0 Å². The first-order valence-corrected chi connectivity index (χ1v) is 14.4. The fraction of sp³-hybridized carbons (Fsp3) is 0.400. The van der Waals surface area contributed by atoms with Gasteiger partial charge in [-0.3, -0.25) is 5.10 Å². The lowest BCUT2D eigenvalue weighted by Gasteiger charge is -2.34. The smallest absolute Gasteiger partial charge is 0.319 e. The van der Waals surface area contributed by atoms with Gasteiger partial charge in [0.25, 0.3) is 0 Å².